The molecule has 5 nitrogen and oxygen atoms in total. The van der Waals surface area contributed by atoms with Crippen molar-refractivity contribution in [2.75, 3.05) is 5.32 Å². The van der Waals surface area contributed by atoms with E-state index in [1.165, 1.54) is 0 Å². The van der Waals surface area contributed by atoms with Gasteiger partial charge in [-0.1, -0.05) is 0 Å². The number of anilines is 1. The molecule has 2 rings (SSSR count). The monoisotopic (exact) mass is 254 g/mol. The zero-order valence-corrected chi connectivity index (χ0v) is 8.63. The van der Waals surface area contributed by atoms with E-state index in [0.717, 1.165) is 15.4 Å². The molecule has 1 aromatic carbocycles. The molecule has 0 saturated heterocycles. The fourth-order valence-electron chi connectivity index (χ4n) is 1.22. The number of H-pyrrole nitrogens is 1. The predicted octanol–water partition coefficient (Wildman–Crippen LogP) is 1.82. The number of aromatic amines is 1. The van der Waals surface area contributed by atoms with Crippen LogP contribution in [-0.2, 0) is 0 Å². The molecule has 0 aliphatic rings. The van der Waals surface area contributed by atoms with Crippen molar-refractivity contribution >= 4 is 38.6 Å². The van der Waals surface area contributed by atoms with Gasteiger partial charge < -0.3 is 11.1 Å². The zero-order valence-electron chi connectivity index (χ0n) is 7.04. The minimum Gasteiger partial charge on any atom is -0.351 e. The van der Waals surface area contributed by atoms with Crippen LogP contribution in [0.4, 0.5) is 10.5 Å². The van der Waals surface area contributed by atoms with Crippen LogP contribution in [0.3, 0.4) is 0 Å². The van der Waals surface area contributed by atoms with Gasteiger partial charge in [-0.15, -0.1) is 0 Å². The second-order valence-electron chi connectivity index (χ2n) is 2.78. The van der Waals surface area contributed by atoms with E-state index >= 15 is 0 Å². The minimum absolute atomic E-state index is 0.587. The van der Waals surface area contributed by atoms with E-state index in [9.17, 15) is 4.79 Å². The molecule has 0 aliphatic carbocycles. The quantitative estimate of drug-likeness (QED) is 0.726. The lowest BCUT2D eigenvalue weighted by Gasteiger charge is -2.02. The molecule has 0 bridgehead atoms. The number of carbonyl (C=O) groups excluding carboxylic acids is 1. The molecule has 1 aromatic heterocycles. The van der Waals surface area contributed by atoms with Crippen LogP contribution >= 0.6 is 15.9 Å². The Morgan fingerprint density at radius 2 is 2.36 bits per heavy atom. The van der Waals surface area contributed by atoms with Crippen LogP contribution in [0.2, 0.25) is 0 Å². The standard InChI is InChI=1S/C8H7BrN4O/c9-6-1-4(12-8(10)14)2-7-5(6)3-11-13-7/h1-3H,(H,11,13)(H3,10,12,14). The van der Waals surface area contributed by atoms with Crippen molar-refractivity contribution < 1.29 is 4.79 Å². The van der Waals surface area contributed by atoms with Gasteiger partial charge in [0.25, 0.3) is 0 Å². The molecule has 0 unspecified atom stereocenters. The molecule has 0 saturated carbocycles. The van der Waals surface area contributed by atoms with Crippen LogP contribution in [-0.4, -0.2) is 16.2 Å². The van der Waals surface area contributed by atoms with Gasteiger partial charge in [0, 0.05) is 15.5 Å². The summed E-state index contributed by atoms with van der Waals surface area (Å²) in [7, 11) is 0. The molecule has 0 fully saturated rings. The number of carbonyl (C=O) groups is 1. The molecule has 1 heterocycles. The summed E-state index contributed by atoms with van der Waals surface area (Å²) in [6.07, 6.45) is 1.70. The SMILES string of the molecule is NC(=O)Nc1cc(Br)c2cn[nH]c2c1. The number of benzene rings is 1. The van der Waals surface area contributed by atoms with Crippen molar-refractivity contribution in [1.82, 2.24) is 10.2 Å². The Morgan fingerprint density at radius 3 is 3.07 bits per heavy atom. The maximum Gasteiger partial charge on any atom is 0.316 e. The highest BCUT2D eigenvalue weighted by Crippen LogP contribution is 2.26. The Labute approximate surface area is 87.8 Å². The first-order chi connectivity index (χ1) is 6.66. The summed E-state index contributed by atoms with van der Waals surface area (Å²) >= 11 is 3.36. The maximum absolute atomic E-state index is 10.6. The normalized spacial score (nSPS) is 10.4. The van der Waals surface area contributed by atoms with E-state index in [-0.39, 0.29) is 0 Å². The molecule has 6 heteroatoms. The fraction of sp³-hybridized carbons (Fsp3) is 0. The van der Waals surface area contributed by atoms with Gasteiger partial charge in [0.1, 0.15) is 0 Å². The van der Waals surface area contributed by atoms with E-state index < -0.39 is 6.03 Å². The van der Waals surface area contributed by atoms with E-state index in [2.05, 4.69) is 31.4 Å². The maximum atomic E-state index is 10.6. The van der Waals surface area contributed by atoms with Crippen molar-refractivity contribution in [2.45, 2.75) is 0 Å². The van der Waals surface area contributed by atoms with Gasteiger partial charge in [-0.3, -0.25) is 5.10 Å². The number of aromatic nitrogens is 2. The van der Waals surface area contributed by atoms with Gasteiger partial charge >= 0.3 is 6.03 Å². The summed E-state index contributed by atoms with van der Waals surface area (Å²) < 4.78 is 0.854. The molecule has 14 heavy (non-hydrogen) atoms. The highest BCUT2D eigenvalue weighted by atomic mass is 79.9. The number of halogens is 1. The Balaban J connectivity index is 2.53. The van der Waals surface area contributed by atoms with E-state index in [4.69, 9.17) is 5.73 Å². The molecule has 72 valence electrons. The molecule has 0 aliphatic heterocycles. The molecule has 4 N–H and O–H groups in total. The molecule has 0 radical (unpaired) electrons. The summed E-state index contributed by atoms with van der Waals surface area (Å²) in [6, 6.07) is 2.94. The van der Waals surface area contributed by atoms with Crippen molar-refractivity contribution in [3.05, 3.63) is 22.8 Å². The number of nitrogens with zero attached hydrogens (tertiary/aromatic N) is 1. The molecule has 0 atom stereocenters. The Hall–Kier alpha value is -1.56. The lowest BCUT2D eigenvalue weighted by molar-refractivity contribution is 0.259. The summed E-state index contributed by atoms with van der Waals surface area (Å²) in [4.78, 5) is 10.6. The smallest absolute Gasteiger partial charge is 0.316 e. The first-order valence-corrected chi connectivity index (χ1v) is 4.65. The summed E-state index contributed by atoms with van der Waals surface area (Å²) in [5, 5.41) is 10.1. The van der Waals surface area contributed by atoms with E-state index in [0.29, 0.717) is 5.69 Å². The average molecular weight is 255 g/mol. The van der Waals surface area contributed by atoms with Gasteiger partial charge in [-0.05, 0) is 28.1 Å². The number of hydrogen-bond donors (Lipinski definition) is 3. The molecular weight excluding hydrogens is 248 g/mol. The first-order valence-electron chi connectivity index (χ1n) is 3.86. The Bertz CT molecular complexity index is 493. The largest absolute Gasteiger partial charge is 0.351 e. The number of fused-ring (bicyclic) bond motifs is 1. The third-order valence-electron chi connectivity index (χ3n) is 1.78. The topological polar surface area (TPSA) is 83.8 Å². The first kappa shape index (κ1) is 9.01. The lowest BCUT2D eigenvalue weighted by Crippen LogP contribution is -2.19. The second kappa shape index (κ2) is 3.30. The third-order valence-corrected chi connectivity index (χ3v) is 2.43. The van der Waals surface area contributed by atoms with E-state index in [1.54, 1.807) is 18.3 Å². The van der Waals surface area contributed by atoms with Crippen molar-refractivity contribution in [1.29, 1.82) is 0 Å². The summed E-state index contributed by atoms with van der Waals surface area (Å²) in [5.74, 6) is 0. The zero-order chi connectivity index (χ0) is 10.1. The van der Waals surface area contributed by atoms with Crippen LogP contribution in [0.5, 0.6) is 0 Å². The van der Waals surface area contributed by atoms with E-state index in [1.807, 2.05) is 0 Å². The minimum atomic E-state index is -0.587. The lowest BCUT2D eigenvalue weighted by atomic mass is 10.2. The highest BCUT2D eigenvalue weighted by molar-refractivity contribution is 9.10. The average Bonchev–Trinajstić information content (AvgIpc) is 2.50. The highest BCUT2D eigenvalue weighted by Gasteiger charge is 2.04. The van der Waals surface area contributed by atoms with Gasteiger partial charge in [0.2, 0.25) is 0 Å². The number of primary amides is 1. The van der Waals surface area contributed by atoms with Gasteiger partial charge in [-0.2, -0.15) is 5.10 Å². The number of urea groups is 1. The Morgan fingerprint density at radius 1 is 1.57 bits per heavy atom. The van der Waals surface area contributed by atoms with Gasteiger partial charge in [-0.25, -0.2) is 4.79 Å². The van der Waals surface area contributed by atoms with Crippen molar-refractivity contribution in [3.63, 3.8) is 0 Å². The summed E-state index contributed by atoms with van der Waals surface area (Å²) in [5.41, 5.74) is 6.47. The second-order valence-corrected chi connectivity index (χ2v) is 3.63. The van der Waals surface area contributed by atoms with Crippen LogP contribution in [0.15, 0.2) is 22.8 Å². The van der Waals surface area contributed by atoms with Crippen LogP contribution in [0, 0.1) is 0 Å². The fourth-order valence-corrected chi connectivity index (χ4v) is 1.78. The van der Waals surface area contributed by atoms with Crippen LogP contribution < -0.4 is 11.1 Å². The van der Waals surface area contributed by atoms with Crippen molar-refractivity contribution in [3.8, 4) is 0 Å². The number of nitrogens with one attached hydrogen (secondary N) is 2. The predicted molar refractivity (Wildman–Crippen MR) is 57.0 cm³/mol. The van der Waals surface area contributed by atoms with Gasteiger partial charge in [0.05, 0.1) is 11.7 Å². The molecule has 0 spiro atoms. The number of nitrogens with two attached hydrogens (primary N) is 1. The van der Waals surface area contributed by atoms with Crippen LogP contribution in [0.1, 0.15) is 0 Å². The number of hydrogen-bond acceptors (Lipinski definition) is 2. The van der Waals surface area contributed by atoms with Crippen LogP contribution in [0.25, 0.3) is 10.9 Å². The number of amides is 2. The summed E-state index contributed by atoms with van der Waals surface area (Å²) in [6.45, 7) is 0. The molecular formula is C8H7BrN4O. The number of rotatable bonds is 1. The molecule has 2 amide bonds. The van der Waals surface area contributed by atoms with Crippen molar-refractivity contribution in [2.24, 2.45) is 5.73 Å². The molecule has 2 aromatic rings. The van der Waals surface area contributed by atoms with Gasteiger partial charge in [0.15, 0.2) is 0 Å². The third kappa shape index (κ3) is 1.56. The Kier molecular flexibility index (Phi) is 2.12.